The predicted molar refractivity (Wildman–Crippen MR) is 70.5 cm³/mol. The van der Waals surface area contributed by atoms with E-state index in [2.05, 4.69) is 0 Å². The van der Waals surface area contributed by atoms with E-state index in [0.29, 0.717) is 24.4 Å². The standard InChI is InChI=1S/C13H16ClNO3/c1-11(16)15(12-6-3-2-4-7-12)18-10-13(17)8-5-9-14/h2-4,6-7H,5,8-10H2,1H3. The summed E-state index contributed by atoms with van der Waals surface area (Å²) in [6, 6.07) is 8.91. The van der Waals surface area contributed by atoms with E-state index in [1.165, 1.54) is 6.92 Å². The molecule has 0 heterocycles. The quantitative estimate of drug-likeness (QED) is 0.565. The van der Waals surface area contributed by atoms with Gasteiger partial charge in [-0.3, -0.25) is 14.4 Å². The minimum absolute atomic E-state index is 0.0715. The molecular formula is C13H16ClNO3. The minimum atomic E-state index is -0.272. The first-order valence-corrected chi connectivity index (χ1v) is 6.25. The molecule has 0 saturated carbocycles. The Morgan fingerprint density at radius 1 is 1.28 bits per heavy atom. The molecule has 0 spiro atoms. The van der Waals surface area contributed by atoms with Crippen LogP contribution in [-0.2, 0) is 14.4 Å². The summed E-state index contributed by atoms with van der Waals surface area (Å²) in [5, 5.41) is 1.12. The molecule has 0 aliphatic rings. The fourth-order valence-corrected chi connectivity index (χ4v) is 1.52. The normalized spacial score (nSPS) is 10.1. The number of hydroxylamine groups is 1. The van der Waals surface area contributed by atoms with Gasteiger partial charge in [0.2, 0.25) is 5.91 Å². The Morgan fingerprint density at radius 2 is 1.94 bits per heavy atom. The number of halogens is 1. The Bertz CT molecular complexity index is 394. The first kappa shape index (κ1) is 14.7. The monoisotopic (exact) mass is 269 g/mol. The maximum Gasteiger partial charge on any atom is 0.247 e. The summed E-state index contributed by atoms with van der Waals surface area (Å²) in [7, 11) is 0. The topological polar surface area (TPSA) is 46.6 Å². The first-order chi connectivity index (χ1) is 8.65. The largest absolute Gasteiger partial charge is 0.297 e. The van der Waals surface area contributed by atoms with E-state index in [-0.39, 0.29) is 18.3 Å². The van der Waals surface area contributed by atoms with Crippen molar-refractivity contribution in [2.75, 3.05) is 17.6 Å². The summed E-state index contributed by atoms with van der Waals surface area (Å²) in [5.41, 5.74) is 0.607. The van der Waals surface area contributed by atoms with Crippen LogP contribution in [0.5, 0.6) is 0 Å². The van der Waals surface area contributed by atoms with Crippen molar-refractivity contribution in [1.29, 1.82) is 0 Å². The van der Waals surface area contributed by atoms with Gasteiger partial charge in [0.05, 0.1) is 5.69 Å². The number of rotatable bonds is 7. The van der Waals surface area contributed by atoms with E-state index in [1.807, 2.05) is 6.07 Å². The van der Waals surface area contributed by atoms with Gasteiger partial charge in [-0.1, -0.05) is 18.2 Å². The van der Waals surface area contributed by atoms with Gasteiger partial charge in [0, 0.05) is 19.2 Å². The van der Waals surface area contributed by atoms with Crippen LogP contribution in [0.25, 0.3) is 0 Å². The van der Waals surface area contributed by atoms with Crippen molar-refractivity contribution in [2.24, 2.45) is 0 Å². The highest BCUT2D eigenvalue weighted by molar-refractivity contribution is 6.17. The number of amides is 1. The molecule has 0 radical (unpaired) electrons. The zero-order valence-corrected chi connectivity index (χ0v) is 11.0. The molecule has 4 nitrogen and oxygen atoms in total. The molecule has 0 unspecified atom stereocenters. The van der Waals surface area contributed by atoms with E-state index in [0.717, 1.165) is 5.06 Å². The molecule has 5 heteroatoms. The lowest BCUT2D eigenvalue weighted by Gasteiger charge is -2.19. The molecule has 0 fully saturated rings. The van der Waals surface area contributed by atoms with Gasteiger partial charge < -0.3 is 0 Å². The summed E-state index contributed by atoms with van der Waals surface area (Å²) in [4.78, 5) is 28.1. The number of para-hydroxylation sites is 1. The van der Waals surface area contributed by atoms with E-state index in [1.54, 1.807) is 24.3 Å². The SMILES string of the molecule is CC(=O)N(OCC(=O)CCCCl)c1ccccc1. The highest BCUT2D eigenvalue weighted by atomic mass is 35.5. The molecule has 1 aromatic rings. The number of alkyl halides is 1. The van der Waals surface area contributed by atoms with Crippen molar-refractivity contribution in [3.05, 3.63) is 30.3 Å². The lowest BCUT2D eigenvalue weighted by atomic mass is 10.2. The molecule has 0 atom stereocenters. The van der Waals surface area contributed by atoms with Crippen molar-refractivity contribution in [3.8, 4) is 0 Å². The van der Waals surface area contributed by atoms with Gasteiger partial charge in [-0.15, -0.1) is 11.6 Å². The number of nitrogens with zero attached hydrogens (tertiary/aromatic N) is 1. The fourth-order valence-electron chi connectivity index (χ4n) is 1.38. The molecule has 1 amide bonds. The number of hydrogen-bond acceptors (Lipinski definition) is 3. The number of hydrogen-bond donors (Lipinski definition) is 0. The number of benzene rings is 1. The molecule has 0 aromatic heterocycles. The molecule has 1 aromatic carbocycles. The first-order valence-electron chi connectivity index (χ1n) is 5.71. The van der Waals surface area contributed by atoms with Crippen LogP contribution in [0.15, 0.2) is 30.3 Å². The molecule has 0 bridgehead atoms. The molecule has 1 rings (SSSR count). The van der Waals surface area contributed by atoms with Crippen molar-refractivity contribution in [1.82, 2.24) is 0 Å². The Kier molecular flexibility index (Phi) is 6.39. The van der Waals surface area contributed by atoms with Crippen molar-refractivity contribution < 1.29 is 14.4 Å². The highest BCUT2D eigenvalue weighted by Crippen LogP contribution is 2.13. The van der Waals surface area contributed by atoms with E-state index in [9.17, 15) is 9.59 Å². The Hall–Kier alpha value is -1.39. The van der Waals surface area contributed by atoms with Crippen molar-refractivity contribution in [2.45, 2.75) is 19.8 Å². The second-order valence-corrected chi connectivity index (χ2v) is 4.13. The van der Waals surface area contributed by atoms with Crippen LogP contribution < -0.4 is 5.06 Å². The summed E-state index contributed by atoms with van der Waals surface area (Å²) in [6.45, 7) is 1.27. The van der Waals surface area contributed by atoms with Crippen LogP contribution in [0.4, 0.5) is 5.69 Å². The molecule has 0 saturated heterocycles. The van der Waals surface area contributed by atoms with E-state index >= 15 is 0 Å². The van der Waals surface area contributed by atoms with E-state index < -0.39 is 0 Å². The third-order valence-electron chi connectivity index (χ3n) is 2.22. The maximum absolute atomic E-state index is 11.4. The predicted octanol–water partition coefficient (Wildman–Crippen LogP) is 2.56. The van der Waals surface area contributed by atoms with Crippen LogP contribution in [0.3, 0.4) is 0 Å². The van der Waals surface area contributed by atoms with Gasteiger partial charge in [-0.2, -0.15) is 5.06 Å². The summed E-state index contributed by atoms with van der Waals surface area (Å²) in [6.07, 6.45) is 0.985. The van der Waals surface area contributed by atoms with Crippen LogP contribution in [0.1, 0.15) is 19.8 Å². The molecule has 98 valence electrons. The van der Waals surface area contributed by atoms with Crippen molar-refractivity contribution >= 4 is 29.0 Å². The maximum atomic E-state index is 11.4. The number of anilines is 1. The number of carbonyl (C=O) groups is 2. The lowest BCUT2D eigenvalue weighted by molar-refractivity contribution is -0.129. The smallest absolute Gasteiger partial charge is 0.247 e. The molecule has 0 aliphatic heterocycles. The summed E-state index contributed by atoms with van der Waals surface area (Å²) >= 11 is 5.50. The molecule has 18 heavy (non-hydrogen) atoms. The Labute approximate surface area is 111 Å². The van der Waals surface area contributed by atoms with E-state index in [4.69, 9.17) is 16.4 Å². The second-order valence-electron chi connectivity index (χ2n) is 3.75. The van der Waals surface area contributed by atoms with Gasteiger partial charge in [-0.05, 0) is 18.6 Å². The van der Waals surface area contributed by atoms with Crippen LogP contribution in [0, 0.1) is 0 Å². The average molecular weight is 270 g/mol. The fraction of sp³-hybridized carbons (Fsp3) is 0.385. The Balaban J connectivity index is 2.55. The number of carbonyl (C=O) groups excluding carboxylic acids is 2. The Morgan fingerprint density at radius 3 is 2.50 bits per heavy atom. The average Bonchev–Trinajstić information content (AvgIpc) is 2.37. The van der Waals surface area contributed by atoms with Crippen LogP contribution in [-0.4, -0.2) is 24.2 Å². The molecular weight excluding hydrogens is 254 g/mol. The second kappa shape index (κ2) is 7.84. The number of ketones is 1. The van der Waals surface area contributed by atoms with Crippen LogP contribution in [0.2, 0.25) is 0 Å². The van der Waals surface area contributed by atoms with Crippen LogP contribution >= 0.6 is 11.6 Å². The number of Topliss-reactive ketones (excluding diaryl/α,β-unsaturated/α-hetero) is 1. The van der Waals surface area contributed by atoms with Gasteiger partial charge >= 0.3 is 0 Å². The minimum Gasteiger partial charge on any atom is -0.297 e. The zero-order valence-electron chi connectivity index (χ0n) is 10.3. The molecule has 0 N–H and O–H groups in total. The third-order valence-corrected chi connectivity index (χ3v) is 2.49. The van der Waals surface area contributed by atoms with Gasteiger partial charge in [0.1, 0.15) is 6.61 Å². The van der Waals surface area contributed by atoms with Gasteiger partial charge in [0.15, 0.2) is 5.78 Å². The zero-order chi connectivity index (χ0) is 13.4. The van der Waals surface area contributed by atoms with Gasteiger partial charge in [0.25, 0.3) is 0 Å². The lowest BCUT2D eigenvalue weighted by Crippen LogP contribution is -2.31. The summed E-state index contributed by atoms with van der Waals surface area (Å²) in [5.74, 6) is 0.102. The van der Waals surface area contributed by atoms with Gasteiger partial charge in [-0.25, -0.2) is 0 Å². The third kappa shape index (κ3) is 4.85. The van der Waals surface area contributed by atoms with Crippen molar-refractivity contribution in [3.63, 3.8) is 0 Å². The molecule has 0 aliphatic carbocycles. The summed E-state index contributed by atoms with van der Waals surface area (Å²) < 4.78 is 0. The highest BCUT2D eigenvalue weighted by Gasteiger charge is 2.13.